The van der Waals surface area contributed by atoms with Crippen molar-refractivity contribution < 1.29 is 0 Å². The zero-order chi connectivity index (χ0) is 9.97. The molecule has 0 unspecified atom stereocenters. The molecule has 74 valence electrons. The zero-order valence-electron chi connectivity index (χ0n) is 8.22. The number of hydrogen-bond acceptors (Lipinski definition) is 2. The van der Waals surface area contributed by atoms with Gasteiger partial charge in [-0.25, -0.2) is 0 Å². The Morgan fingerprint density at radius 2 is 2.21 bits per heavy atom. The van der Waals surface area contributed by atoms with Crippen LogP contribution in [0.1, 0.15) is 11.4 Å². The third-order valence-corrected chi connectivity index (χ3v) is 2.23. The van der Waals surface area contributed by atoms with E-state index in [2.05, 4.69) is 9.67 Å². The molecule has 4 heteroatoms. The van der Waals surface area contributed by atoms with Gasteiger partial charge in [0.1, 0.15) is 0 Å². The molecule has 2 rings (SSSR count). The van der Waals surface area contributed by atoms with E-state index in [0.717, 1.165) is 17.9 Å². The number of aryl methyl sites for hydroxylation is 1. The van der Waals surface area contributed by atoms with Gasteiger partial charge in [0.05, 0.1) is 12.2 Å². The highest BCUT2D eigenvalue weighted by molar-refractivity contribution is 5.10. The summed E-state index contributed by atoms with van der Waals surface area (Å²) in [6, 6.07) is 6.05. The third-order valence-electron chi connectivity index (χ3n) is 2.23. The van der Waals surface area contributed by atoms with E-state index in [9.17, 15) is 0 Å². The number of aromatic nitrogens is 3. The first-order valence-electron chi connectivity index (χ1n) is 4.62. The van der Waals surface area contributed by atoms with Crippen LogP contribution in [0.15, 0.2) is 30.6 Å². The van der Waals surface area contributed by atoms with Crippen LogP contribution < -0.4 is 5.73 Å². The van der Waals surface area contributed by atoms with Crippen molar-refractivity contribution in [1.82, 2.24) is 14.3 Å². The molecule has 2 heterocycles. The molecule has 0 bridgehead atoms. The Hall–Kier alpha value is -1.55. The molecular weight excluding hydrogens is 176 g/mol. The summed E-state index contributed by atoms with van der Waals surface area (Å²) >= 11 is 0. The Balaban J connectivity index is 2.18. The predicted octanol–water partition coefficient (Wildman–Crippen LogP) is 0.729. The SMILES string of the molecule is Cn1ccc(Cn2cccc2CN)n1. The van der Waals surface area contributed by atoms with Crippen LogP contribution in [0.25, 0.3) is 0 Å². The molecule has 0 fully saturated rings. The fourth-order valence-electron chi connectivity index (χ4n) is 1.51. The molecule has 0 aliphatic carbocycles. The molecule has 0 aliphatic heterocycles. The molecule has 0 saturated carbocycles. The second kappa shape index (κ2) is 3.67. The molecule has 0 aliphatic rings. The summed E-state index contributed by atoms with van der Waals surface area (Å²) < 4.78 is 3.92. The molecule has 2 aromatic heterocycles. The lowest BCUT2D eigenvalue weighted by molar-refractivity contribution is 0.687. The van der Waals surface area contributed by atoms with Gasteiger partial charge in [-0.3, -0.25) is 4.68 Å². The molecule has 4 nitrogen and oxygen atoms in total. The van der Waals surface area contributed by atoms with Gasteiger partial charge in [0.25, 0.3) is 0 Å². The lowest BCUT2D eigenvalue weighted by atomic mass is 10.4. The minimum absolute atomic E-state index is 0.569. The van der Waals surface area contributed by atoms with Gasteiger partial charge >= 0.3 is 0 Å². The Kier molecular flexibility index (Phi) is 2.37. The minimum atomic E-state index is 0.569. The molecular formula is C10H14N4. The molecule has 0 spiro atoms. The molecule has 0 aromatic carbocycles. The van der Waals surface area contributed by atoms with Gasteiger partial charge in [0.2, 0.25) is 0 Å². The van der Waals surface area contributed by atoms with Crippen molar-refractivity contribution in [2.75, 3.05) is 0 Å². The van der Waals surface area contributed by atoms with E-state index in [1.54, 1.807) is 4.68 Å². The Morgan fingerprint density at radius 3 is 2.86 bits per heavy atom. The van der Waals surface area contributed by atoms with Crippen molar-refractivity contribution in [1.29, 1.82) is 0 Å². The van der Waals surface area contributed by atoms with Crippen molar-refractivity contribution in [3.05, 3.63) is 42.0 Å². The fourth-order valence-corrected chi connectivity index (χ4v) is 1.51. The summed E-state index contributed by atoms with van der Waals surface area (Å²) in [6.07, 6.45) is 3.97. The van der Waals surface area contributed by atoms with Crippen molar-refractivity contribution >= 4 is 0 Å². The van der Waals surface area contributed by atoms with E-state index >= 15 is 0 Å². The van der Waals surface area contributed by atoms with Gasteiger partial charge in [-0.05, 0) is 18.2 Å². The Morgan fingerprint density at radius 1 is 1.36 bits per heavy atom. The average Bonchev–Trinajstić information content (AvgIpc) is 2.76. The monoisotopic (exact) mass is 190 g/mol. The quantitative estimate of drug-likeness (QED) is 0.775. The van der Waals surface area contributed by atoms with Crippen LogP contribution in [0.3, 0.4) is 0 Å². The van der Waals surface area contributed by atoms with Crippen LogP contribution in [0, 0.1) is 0 Å². The predicted molar refractivity (Wildman–Crippen MR) is 54.6 cm³/mol. The number of nitrogens with two attached hydrogens (primary N) is 1. The zero-order valence-corrected chi connectivity index (χ0v) is 8.22. The van der Waals surface area contributed by atoms with Gasteiger partial charge in [-0.1, -0.05) is 0 Å². The summed E-state index contributed by atoms with van der Waals surface area (Å²) in [5, 5.41) is 4.32. The van der Waals surface area contributed by atoms with E-state index < -0.39 is 0 Å². The van der Waals surface area contributed by atoms with Gasteiger partial charge in [0.15, 0.2) is 0 Å². The maximum atomic E-state index is 5.61. The first-order chi connectivity index (χ1) is 6.79. The average molecular weight is 190 g/mol. The van der Waals surface area contributed by atoms with Crippen LogP contribution >= 0.6 is 0 Å². The van der Waals surface area contributed by atoms with Gasteiger partial charge in [-0.15, -0.1) is 0 Å². The van der Waals surface area contributed by atoms with Crippen molar-refractivity contribution in [3.63, 3.8) is 0 Å². The summed E-state index contributed by atoms with van der Waals surface area (Å²) in [6.45, 7) is 1.36. The smallest absolute Gasteiger partial charge is 0.0821 e. The highest BCUT2D eigenvalue weighted by Gasteiger charge is 2.01. The summed E-state index contributed by atoms with van der Waals surface area (Å²) in [7, 11) is 1.92. The van der Waals surface area contributed by atoms with Crippen LogP contribution in [-0.2, 0) is 20.1 Å². The maximum Gasteiger partial charge on any atom is 0.0821 e. The standard InChI is InChI=1S/C10H14N4/c1-13-6-4-9(12-13)8-14-5-2-3-10(14)7-11/h2-6H,7-8,11H2,1H3. The van der Waals surface area contributed by atoms with Crippen molar-refractivity contribution in [2.45, 2.75) is 13.1 Å². The van der Waals surface area contributed by atoms with Gasteiger partial charge in [0, 0.05) is 31.7 Å². The number of rotatable bonds is 3. The third kappa shape index (κ3) is 1.70. The number of hydrogen-bond donors (Lipinski definition) is 1. The molecule has 2 aromatic rings. The molecule has 2 N–H and O–H groups in total. The molecule has 0 radical (unpaired) electrons. The first kappa shape index (κ1) is 9.02. The highest BCUT2D eigenvalue weighted by atomic mass is 15.3. The minimum Gasteiger partial charge on any atom is -0.344 e. The molecule has 0 saturated heterocycles. The Bertz CT molecular complexity index is 413. The van der Waals surface area contributed by atoms with E-state index in [-0.39, 0.29) is 0 Å². The van der Waals surface area contributed by atoms with Crippen LogP contribution in [0.5, 0.6) is 0 Å². The molecule has 0 amide bonds. The second-order valence-corrected chi connectivity index (χ2v) is 3.31. The van der Waals surface area contributed by atoms with Crippen LogP contribution in [0.4, 0.5) is 0 Å². The highest BCUT2D eigenvalue weighted by Crippen LogP contribution is 2.05. The first-order valence-corrected chi connectivity index (χ1v) is 4.62. The fraction of sp³-hybridized carbons (Fsp3) is 0.300. The maximum absolute atomic E-state index is 5.61. The van der Waals surface area contributed by atoms with Crippen LogP contribution in [-0.4, -0.2) is 14.3 Å². The Labute approximate surface area is 82.9 Å². The normalized spacial score (nSPS) is 10.7. The number of nitrogens with zero attached hydrogens (tertiary/aromatic N) is 3. The van der Waals surface area contributed by atoms with Crippen molar-refractivity contribution in [3.8, 4) is 0 Å². The van der Waals surface area contributed by atoms with Gasteiger partial charge in [-0.2, -0.15) is 5.10 Å². The van der Waals surface area contributed by atoms with E-state index in [0.29, 0.717) is 6.54 Å². The van der Waals surface area contributed by atoms with Crippen LogP contribution in [0.2, 0.25) is 0 Å². The van der Waals surface area contributed by atoms with E-state index in [4.69, 9.17) is 5.73 Å². The summed E-state index contributed by atoms with van der Waals surface area (Å²) in [4.78, 5) is 0. The largest absolute Gasteiger partial charge is 0.344 e. The lowest BCUT2D eigenvalue weighted by Crippen LogP contribution is -2.07. The summed E-state index contributed by atoms with van der Waals surface area (Å²) in [5.41, 5.74) is 7.80. The summed E-state index contributed by atoms with van der Waals surface area (Å²) in [5.74, 6) is 0. The topological polar surface area (TPSA) is 48.8 Å². The van der Waals surface area contributed by atoms with Crippen molar-refractivity contribution in [2.24, 2.45) is 12.8 Å². The molecule has 0 atom stereocenters. The van der Waals surface area contributed by atoms with E-state index in [1.165, 1.54) is 0 Å². The molecule has 14 heavy (non-hydrogen) atoms. The van der Waals surface area contributed by atoms with E-state index in [1.807, 2.05) is 37.6 Å². The second-order valence-electron chi connectivity index (χ2n) is 3.31. The lowest BCUT2D eigenvalue weighted by Gasteiger charge is -2.04. The van der Waals surface area contributed by atoms with Gasteiger partial charge < -0.3 is 10.3 Å².